The van der Waals surface area contributed by atoms with Crippen LogP contribution in [0.3, 0.4) is 0 Å². The van der Waals surface area contributed by atoms with Gasteiger partial charge in [0.2, 0.25) is 5.13 Å². The molecular weight excluding hydrogens is 579 g/mol. The second kappa shape index (κ2) is 11.5. The van der Waals surface area contributed by atoms with E-state index < -0.39 is 27.9 Å². The molecule has 5 rings (SSSR count). The fraction of sp³-hybridized carbons (Fsp3) is 0.222. The van der Waals surface area contributed by atoms with Gasteiger partial charge in [-0.1, -0.05) is 18.2 Å². The van der Waals surface area contributed by atoms with Crippen LogP contribution in [-0.4, -0.2) is 47.0 Å². The van der Waals surface area contributed by atoms with Gasteiger partial charge in [-0.2, -0.15) is 22.8 Å². The zero-order valence-corrected chi connectivity index (χ0v) is 22.8. The Labute approximate surface area is 237 Å². The summed E-state index contributed by atoms with van der Waals surface area (Å²) in [4.78, 5) is 5.60. The van der Waals surface area contributed by atoms with E-state index in [4.69, 9.17) is 4.74 Å². The summed E-state index contributed by atoms with van der Waals surface area (Å²) in [6.45, 7) is 1.74. The lowest BCUT2D eigenvalue weighted by Gasteiger charge is -2.18. The van der Waals surface area contributed by atoms with Crippen LogP contribution in [0.15, 0.2) is 71.9 Å². The number of aliphatic hydroxyl groups is 1. The molecule has 2 heterocycles. The number of likely N-dealkylation sites (tertiary alicyclic amines) is 1. The molecule has 3 aromatic carbocycles. The molecule has 1 aromatic heterocycles. The predicted molar refractivity (Wildman–Crippen MR) is 145 cm³/mol. The van der Waals surface area contributed by atoms with Gasteiger partial charge in [-0.05, 0) is 60.0 Å². The van der Waals surface area contributed by atoms with E-state index in [0.717, 1.165) is 35.3 Å². The Hall–Kier alpha value is -4.03. The van der Waals surface area contributed by atoms with Crippen LogP contribution in [0.1, 0.15) is 23.1 Å². The minimum atomic E-state index is -4.61. The number of hydrogen-bond donors (Lipinski definition) is 2. The summed E-state index contributed by atoms with van der Waals surface area (Å²) in [7, 11) is -4.09. The number of nitrogens with one attached hydrogen (secondary N) is 1. The summed E-state index contributed by atoms with van der Waals surface area (Å²) in [5.74, 6) is 0.0106. The lowest BCUT2D eigenvalue weighted by atomic mass is 9.99. The molecule has 0 unspecified atom stereocenters. The summed E-state index contributed by atoms with van der Waals surface area (Å²) < 4.78 is 78.4. The molecule has 14 heteroatoms. The number of benzene rings is 3. The molecule has 41 heavy (non-hydrogen) atoms. The zero-order chi connectivity index (χ0) is 29.2. The Kier molecular flexibility index (Phi) is 7.96. The topological polar surface area (TPSA) is 128 Å². The number of aromatic nitrogens is 2. The number of β-amino-alcohol motifs (C(OH)–C–C–N with tert-alkyl or cyclic N) is 1. The number of rotatable bonds is 8. The van der Waals surface area contributed by atoms with E-state index in [1.165, 1.54) is 24.5 Å². The van der Waals surface area contributed by atoms with Crippen molar-refractivity contribution in [3.63, 3.8) is 0 Å². The monoisotopic (exact) mass is 601 g/mol. The van der Waals surface area contributed by atoms with Crippen LogP contribution in [0.4, 0.5) is 18.3 Å². The number of ether oxygens (including phenoxy) is 1. The maximum Gasteiger partial charge on any atom is 0.416 e. The average molecular weight is 602 g/mol. The van der Waals surface area contributed by atoms with Crippen LogP contribution in [0.2, 0.25) is 0 Å². The van der Waals surface area contributed by atoms with E-state index in [2.05, 4.69) is 19.0 Å². The third kappa shape index (κ3) is 6.66. The zero-order valence-electron chi connectivity index (χ0n) is 21.2. The van der Waals surface area contributed by atoms with Crippen molar-refractivity contribution in [3.05, 3.63) is 83.7 Å². The molecule has 0 saturated carbocycles. The molecule has 0 amide bonds. The highest BCUT2D eigenvalue weighted by atomic mass is 32.2. The minimum Gasteiger partial charge on any atom is -0.455 e. The van der Waals surface area contributed by atoms with Crippen molar-refractivity contribution in [2.75, 3.05) is 17.8 Å². The number of alkyl halides is 3. The predicted octanol–water partition coefficient (Wildman–Crippen LogP) is 5.26. The number of hydrogen-bond acceptors (Lipinski definition) is 9. The van der Waals surface area contributed by atoms with E-state index in [1.54, 1.807) is 18.2 Å². The number of halogens is 3. The van der Waals surface area contributed by atoms with E-state index in [1.807, 2.05) is 12.1 Å². The SMILES string of the molecule is N#Cc1cc(S(=O)(=O)Nc2ncns2)ccc1Oc1ccc(C(F)(F)F)cc1-c1cccc(CN2CC[C@@H](O)C2)c1. The number of nitriles is 1. The molecule has 0 radical (unpaired) electrons. The first-order valence-corrected chi connectivity index (χ1v) is 14.5. The largest absolute Gasteiger partial charge is 0.455 e. The molecule has 0 spiro atoms. The molecule has 4 aromatic rings. The van der Waals surface area contributed by atoms with Gasteiger partial charge in [0.1, 0.15) is 23.9 Å². The molecule has 0 aliphatic carbocycles. The van der Waals surface area contributed by atoms with E-state index in [-0.39, 0.29) is 32.7 Å². The Morgan fingerprint density at radius 3 is 2.63 bits per heavy atom. The van der Waals surface area contributed by atoms with Gasteiger partial charge in [0.25, 0.3) is 10.0 Å². The quantitative estimate of drug-likeness (QED) is 0.280. The van der Waals surface area contributed by atoms with Gasteiger partial charge in [-0.15, -0.1) is 0 Å². The van der Waals surface area contributed by atoms with Crippen LogP contribution in [0, 0.1) is 11.3 Å². The number of nitrogens with zero attached hydrogens (tertiary/aromatic N) is 4. The third-order valence-corrected chi connectivity index (χ3v) is 8.43. The van der Waals surface area contributed by atoms with Crippen molar-refractivity contribution in [2.45, 2.75) is 30.1 Å². The number of aliphatic hydroxyl groups excluding tert-OH is 1. The smallest absolute Gasteiger partial charge is 0.416 e. The number of sulfonamides is 1. The van der Waals surface area contributed by atoms with Gasteiger partial charge in [-0.3, -0.25) is 9.62 Å². The molecule has 2 N–H and O–H groups in total. The molecule has 1 aliphatic rings. The summed E-state index contributed by atoms with van der Waals surface area (Å²) in [6.07, 6.45) is -3.17. The van der Waals surface area contributed by atoms with Gasteiger partial charge >= 0.3 is 6.18 Å². The van der Waals surface area contributed by atoms with Crippen molar-refractivity contribution >= 4 is 26.7 Å². The first kappa shape index (κ1) is 28.5. The van der Waals surface area contributed by atoms with Crippen molar-refractivity contribution in [2.24, 2.45) is 0 Å². The van der Waals surface area contributed by atoms with Crippen molar-refractivity contribution in [1.29, 1.82) is 5.26 Å². The fourth-order valence-electron chi connectivity index (χ4n) is 4.44. The molecule has 1 saturated heterocycles. The van der Waals surface area contributed by atoms with Gasteiger partial charge in [0.15, 0.2) is 0 Å². The second-order valence-corrected chi connectivity index (χ2v) is 11.8. The van der Waals surface area contributed by atoms with Crippen LogP contribution in [0.25, 0.3) is 11.1 Å². The molecule has 1 aliphatic heterocycles. The Balaban J connectivity index is 1.49. The van der Waals surface area contributed by atoms with Gasteiger partial charge in [0.05, 0.1) is 22.1 Å². The van der Waals surface area contributed by atoms with Crippen LogP contribution in [0.5, 0.6) is 11.5 Å². The van der Waals surface area contributed by atoms with E-state index in [0.29, 0.717) is 31.6 Å². The van der Waals surface area contributed by atoms with Gasteiger partial charge < -0.3 is 9.84 Å². The van der Waals surface area contributed by atoms with E-state index in [9.17, 15) is 32.0 Å². The highest BCUT2D eigenvalue weighted by molar-refractivity contribution is 7.93. The normalized spacial score (nSPS) is 15.9. The standard InChI is InChI=1S/C27H22F3N5O4S2/c28-27(29,30)20-4-6-25(23(12-20)18-3-1-2-17(10-18)14-35-9-8-21(36)15-35)39-24-7-5-22(11-19(24)13-31)41(37,38)34-26-32-16-33-40-26/h1-7,10-12,16,21,36H,8-9,14-15H2,(H,32,33,34)/t21-/m1/s1. The molecular formula is C27H22F3N5O4S2. The Morgan fingerprint density at radius 1 is 1.15 bits per heavy atom. The fourth-order valence-corrected chi connectivity index (χ4v) is 6.12. The Morgan fingerprint density at radius 2 is 1.95 bits per heavy atom. The highest BCUT2D eigenvalue weighted by Gasteiger charge is 2.31. The van der Waals surface area contributed by atoms with Crippen LogP contribution in [-0.2, 0) is 22.7 Å². The maximum atomic E-state index is 13.7. The average Bonchev–Trinajstić information content (AvgIpc) is 3.59. The van der Waals surface area contributed by atoms with Crippen molar-refractivity contribution < 1.29 is 31.4 Å². The Bertz CT molecular complexity index is 1710. The molecule has 212 valence electrons. The first-order chi connectivity index (χ1) is 19.5. The number of anilines is 1. The highest BCUT2D eigenvalue weighted by Crippen LogP contribution is 2.40. The maximum absolute atomic E-state index is 13.7. The summed E-state index contributed by atoms with van der Waals surface area (Å²) in [6, 6.07) is 15.5. The van der Waals surface area contributed by atoms with Gasteiger partial charge in [-0.25, -0.2) is 13.4 Å². The van der Waals surface area contributed by atoms with Crippen molar-refractivity contribution in [1.82, 2.24) is 14.3 Å². The van der Waals surface area contributed by atoms with Crippen LogP contribution < -0.4 is 9.46 Å². The summed E-state index contributed by atoms with van der Waals surface area (Å²) in [5.41, 5.74) is 0.425. The third-order valence-electron chi connectivity index (χ3n) is 6.38. The lowest BCUT2D eigenvalue weighted by Crippen LogP contribution is -2.21. The molecule has 0 bridgehead atoms. The molecule has 1 atom stereocenters. The molecule has 9 nitrogen and oxygen atoms in total. The second-order valence-electron chi connectivity index (χ2n) is 9.31. The van der Waals surface area contributed by atoms with E-state index >= 15 is 0 Å². The summed E-state index contributed by atoms with van der Waals surface area (Å²) in [5, 5.41) is 19.6. The summed E-state index contributed by atoms with van der Waals surface area (Å²) >= 11 is 0.836. The van der Waals surface area contributed by atoms with Gasteiger partial charge in [0, 0.05) is 36.7 Å². The van der Waals surface area contributed by atoms with Crippen LogP contribution >= 0.6 is 11.5 Å². The molecule has 1 fully saturated rings. The lowest BCUT2D eigenvalue weighted by molar-refractivity contribution is -0.137. The first-order valence-electron chi connectivity index (χ1n) is 12.2. The van der Waals surface area contributed by atoms with Crippen molar-refractivity contribution in [3.8, 4) is 28.7 Å². The minimum absolute atomic E-state index is 0.0365.